The van der Waals surface area contributed by atoms with Gasteiger partial charge in [0.15, 0.2) is 0 Å². The zero-order valence-corrected chi connectivity index (χ0v) is 10.5. The van der Waals surface area contributed by atoms with Crippen LogP contribution in [-0.4, -0.2) is 44.5 Å². The van der Waals surface area contributed by atoms with Gasteiger partial charge in [0, 0.05) is 12.8 Å². The lowest BCUT2D eigenvalue weighted by atomic mass is 10.1. The van der Waals surface area contributed by atoms with E-state index in [2.05, 4.69) is 5.32 Å². The third kappa shape index (κ3) is 3.35. The van der Waals surface area contributed by atoms with Crippen molar-refractivity contribution in [3.63, 3.8) is 0 Å². The van der Waals surface area contributed by atoms with Gasteiger partial charge in [0.25, 0.3) is 5.91 Å². The van der Waals surface area contributed by atoms with Gasteiger partial charge in [-0.05, 0) is 12.1 Å². The smallest absolute Gasteiger partial charge is 0.257 e. The van der Waals surface area contributed by atoms with Crippen molar-refractivity contribution in [2.75, 3.05) is 33.2 Å². The van der Waals surface area contributed by atoms with Crippen LogP contribution in [-0.2, 0) is 4.74 Å². The number of nitrogens with two attached hydrogens (primary N) is 1. The molecular formula is C12H18N2O4. The first-order valence-corrected chi connectivity index (χ1v) is 5.47. The summed E-state index contributed by atoms with van der Waals surface area (Å²) in [6, 6.07) is 4.48. The SMILES string of the molecule is COCC(CO)NC(=O)c1c(N)cccc1OC. The highest BCUT2D eigenvalue weighted by atomic mass is 16.5. The second-order valence-corrected chi connectivity index (χ2v) is 3.73. The lowest BCUT2D eigenvalue weighted by molar-refractivity contribution is 0.0838. The number of nitrogens with one attached hydrogen (secondary N) is 1. The van der Waals surface area contributed by atoms with Gasteiger partial charge in [-0.2, -0.15) is 0 Å². The average molecular weight is 254 g/mol. The number of nitrogen functional groups attached to an aromatic ring is 1. The molecule has 100 valence electrons. The largest absolute Gasteiger partial charge is 0.496 e. The van der Waals surface area contributed by atoms with Crippen LogP contribution in [0.25, 0.3) is 0 Å². The first-order valence-electron chi connectivity index (χ1n) is 5.47. The molecule has 0 fully saturated rings. The number of hydrogen-bond acceptors (Lipinski definition) is 5. The monoisotopic (exact) mass is 254 g/mol. The van der Waals surface area contributed by atoms with E-state index in [4.69, 9.17) is 20.3 Å². The second-order valence-electron chi connectivity index (χ2n) is 3.73. The van der Waals surface area contributed by atoms with Gasteiger partial charge in [-0.15, -0.1) is 0 Å². The van der Waals surface area contributed by atoms with Gasteiger partial charge in [-0.3, -0.25) is 4.79 Å². The molecule has 6 nitrogen and oxygen atoms in total. The Morgan fingerprint density at radius 3 is 2.78 bits per heavy atom. The lowest BCUT2D eigenvalue weighted by Gasteiger charge is -2.17. The number of aliphatic hydroxyl groups is 1. The van der Waals surface area contributed by atoms with Crippen LogP contribution in [0.1, 0.15) is 10.4 Å². The minimum Gasteiger partial charge on any atom is -0.496 e. The van der Waals surface area contributed by atoms with Crippen molar-refractivity contribution in [2.45, 2.75) is 6.04 Å². The molecule has 0 heterocycles. The number of amides is 1. The van der Waals surface area contributed by atoms with Gasteiger partial charge < -0.3 is 25.6 Å². The first-order chi connectivity index (χ1) is 8.63. The second kappa shape index (κ2) is 6.83. The van der Waals surface area contributed by atoms with Gasteiger partial charge in [0.1, 0.15) is 11.3 Å². The number of methoxy groups -OCH3 is 2. The van der Waals surface area contributed by atoms with Crippen molar-refractivity contribution in [3.05, 3.63) is 23.8 Å². The van der Waals surface area contributed by atoms with E-state index in [9.17, 15) is 4.79 Å². The molecule has 0 aromatic heterocycles. The maximum absolute atomic E-state index is 12.1. The van der Waals surface area contributed by atoms with E-state index in [1.54, 1.807) is 18.2 Å². The lowest BCUT2D eigenvalue weighted by Crippen LogP contribution is -2.41. The molecule has 1 atom stereocenters. The van der Waals surface area contributed by atoms with Crippen LogP contribution in [0, 0.1) is 0 Å². The Morgan fingerprint density at radius 2 is 2.22 bits per heavy atom. The fourth-order valence-corrected chi connectivity index (χ4v) is 1.56. The molecule has 0 saturated carbocycles. The molecule has 1 amide bonds. The average Bonchev–Trinajstić information content (AvgIpc) is 2.37. The molecule has 0 aliphatic carbocycles. The molecule has 18 heavy (non-hydrogen) atoms. The van der Waals surface area contributed by atoms with Crippen LogP contribution in [0.4, 0.5) is 5.69 Å². The highest BCUT2D eigenvalue weighted by Crippen LogP contribution is 2.23. The van der Waals surface area contributed by atoms with E-state index >= 15 is 0 Å². The molecule has 0 radical (unpaired) electrons. The van der Waals surface area contributed by atoms with E-state index in [1.165, 1.54) is 14.2 Å². The Bertz CT molecular complexity index is 409. The minimum absolute atomic E-state index is 0.214. The van der Waals surface area contributed by atoms with Crippen LogP contribution in [0.5, 0.6) is 5.75 Å². The third-order valence-electron chi connectivity index (χ3n) is 2.43. The van der Waals surface area contributed by atoms with Crippen molar-refractivity contribution in [1.29, 1.82) is 0 Å². The molecule has 1 unspecified atom stereocenters. The highest BCUT2D eigenvalue weighted by molar-refractivity contribution is 6.02. The van der Waals surface area contributed by atoms with Gasteiger partial charge >= 0.3 is 0 Å². The minimum atomic E-state index is -0.480. The highest BCUT2D eigenvalue weighted by Gasteiger charge is 2.18. The van der Waals surface area contributed by atoms with Crippen molar-refractivity contribution in [2.24, 2.45) is 0 Å². The maximum Gasteiger partial charge on any atom is 0.257 e. The normalized spacial score (nSPS) is 11.9. The molecular weight excluding hydrogens is 236 g/mol. The van der Waals surface area contributed by atoms with Crippen molar-refractivity contribution in [3.8, 4) is 5.75 Å². The zero-order valence-electron chi connectivity index (χ0n) is 10.5. The van der Waals surface area contributed by atoms with Crippen molar-refractivity contribution in [1.82, 2.24) is 5.32 Å². The van der Waals surface area contributed by atoms with E-state index in [-0.39, 0.29) is 18.8 Å². The molecule has 0 saturated heterocycles. The van der Waals surface area contributed by atoms with Crippen LogP contribution in [0.3, 0.4) is 0 Å². The summed E-state index contributed by atoms with van der Waals surface area (Å²) in [5.74, 6) is -0.0114. The van der Waals surface area contributed by atoms with E-state index in [1.807, 2.05) is 0 Å². The van der Waals surface area contributed by atoms with Gasteiger partial charge in [-0.1, -0.05) is 6.07 Å². The molecule has 0 aliphatic rings. The molecule has 1 aromatic carbocycles. The Kier molecular flexibility index (Phi) is 5.41. The quantitative estimate of drug-likeness (QED) is 0.622. The zero-order chi connectivity index (χ0) is 13.5. The topological polar surface area (TPSA) is 93.8 Å². The molecule has 0 spiro atoms. The summed E-state index contributed by atoms with van der Waals surface area (Å²) in [5, 5.41) is 11.7. The van der Waals surface area contributed by atoms with E-state index in [0.29, 0.717) is 11.4 Å². The molecule has 0 bridgehead atoms. The number of benzene rings is 1. The summed E-state index contributed by atoms with van der Waals surface area (Å²) >= 11 is 0. The third-order valence-corrected chi connectivity index (χ3v) is 2.43. The molecule has 0 aliphatic heterocycles. The molecule has 1 rings (SSSR count). The summed E-state index contributed by atoms with van der Waals surface area (Å²) in [6.07, 6.45) is 0. The number of carbonyl (C=O) groups excluding carboxylic acids is 1. The van der Waals surface area contributed by atoms with Crippen LogP contribution in [0.2, 0.25) is 0 Å². The van der Waals surface area contributed by atoms with Gasteiger partial charge in [0.2, 0.25) is 0 Å². The number of ether oxygens (including phenoxy) is 2. The number of carbonyl (C=O) groups is 1. The fourth-order valence-electron chi connectivity index (χ4n) is 1.56. The Morgan fingerprint density at radius 1 is 1.50 bits per heavy atom. The van der Waals surface area contributed by atoms with Crippen molar-refractivity contribution >= 4 is 11.6 Å². The number of rotatable bonds is 6. The van der Waals surface area contributed by atoms with Crippen molar-refractivity contribution < 1.29 is 19.4 Å². The van der Waals surface area contributed by atoms with Crippen LogP contribution >= 0.6 is 0 Å². The van der Waals surface area contributed by atoms with Gasteiger partial charge in [-0.25, -0.2) is 0 Å². The number of anilines is 1. The van der Waals surface area contributed by atoms with Crippen LogP contribution < -0.4 is 15.8 Å². The van der Waals surface area contributed by atoms with Crippen LogP contribution in [0.15, 0.2) is 18.2 Å². The Hall–Kier alpha value is -1.79. The number of aliphatic hydroxyl groups excluding tert-OH is 1. The summed E-state index contributed by atoms with van der Waals surface area (Å²) in [6.45, 7) is 0.00588. The summed E-state index contributed by atoms with van der Waals surface area (Å²) in [4.78, 5) is 12.1. The predicted octanol–water partition coefficient (Wildman–Crippen LogP) is 0.0145. The standard InChI is InChI=1S/C12H18N2O4/c1-17-7-8(6-15)14-12(16)11-9(13)4-3-5-10(11)18-2/h3-5,8,15H,6-7,13H2,1-2H3,(H,14,16). The fraction of sp³-hybridized carbons (Fsp3) is 0.417. The van der Waals surface area contributed by atoms with E-state index in [0.717, 1.165) is 0 Å². The number of hydrogen-bond donors (Lipinski definition) is 3. The van der Waals surface area contributed by atoms with Gasteiger partial charge in [0.05, 0.1) is 26.4 Å². The summed E-state index contributed by atoms with van der Waals surface area (Å²) < 4.78 is 9.97. The summed E-state index contributed by atoms with van der Waals surface area (Å²) in [7, 11) is 2.95. The maximum atomic E-state index is 12.1. The summed E-state index contributed by atoms with van der Waals surface area (Å²) in [5.41, 5.74) is 6.33. The Labute approximate surface area is 106 Å². The molecule has 4 N–H and O–H groups in total. The first kappa shape index (κ1) is 14.3. The molecule has 1 aromatic rings. The predicted molar refractivity (Wildman–Crippen MR) is 67.6 cm³/mol. The van der Waals surface area contributed by atoms with E-state index < -0.39 is 11.9 Å². The molecule has 6 heteroatoms. The Balaban J connectivity index is 2.89.